The molecule has 21 heavy (non-hydrogen) atoms. The Morgan fingerprint density at radius 2 is 2.00 bits per heavy atom. The standard InChI is InChI=1S/C18H27BrN2/c1-2-21-12-3-8-18(10-13-21)9-11-20-14-17(18)15-4-6-16(19)7-5-15/h4-7,17,20H,2-3,8-14H2,1H3. The van der Waals surface area contributed by atoms with Gasteiger partial charge in [-0.15, -0.1) is 0 Å². The second-order valence-electron chi connectivity index (χ2n) is 6.71. The predicted molar refractivity (Wildman–Crippen MR) is 92.8 cm³/mol. The van der Waals surface area contributed by atoms with Gasteiger partial charge < -0.3 is 10.2 Å². The highest BCUT2D eigenvalue weighted by molar-refractivity contribution is 9.10. The normalized spacial score (nSPS) is 31.2. The molecule has 1 aromatic rings. The molecule has 2 unspecified atom stereocenters. The summed E-state index contributed by atoms with van der Waals surface area (Å²) in [7, 11) is 0. The van der Waals surface area contributed by atoms with Crippen molar-refractivity contribution in [1.29, 1.82) is 0 Å². The summed E-state index contributed by atoms with van der Waals surface area (Å²) in [6.45, 7) is 8.42. The maximum absolute atomic E-state index is 3.64. The Kier molecular flexibility index (Phi) is 5.03. The van der Waals surface area contributed by atoms with Crippen molar-refractivity contribution in [2.24, 2.45) is 5.41 Å². The van der Waals surface area contributed by atoms with Gasteiger partial charge in [0.15, 0.2) is 0 Å². The van der Waals surface area contributed by atoms with Gasteiger partial charge in [-0.1, -0.05) is 35.0 Å². The molecule has 2 nitrogen and oxygen atoms in total. The second-order valence-corrected chi connectivity index (χ2v) is 7.62. The lowest BCUT2D eigenvalue weighted by molar-refractivity contribution is 0.135. The molecular formula is C18H27BrN2. The minimum atomic E-state index is 0.517. The number of nitrogens with one attached hydrogen (secondary N) is 1. The van der Waals surface area contributed by atoms with E-state index >= 15 is 0 Å². The fourth-order valence-electron chi connectivity index (χ4n) is 4.33. The summed E-state index contributed by atoms with van der Waals surface area (Å²) < 4.78 is 1.18. The average molecular weight is 351 g/mol. The number of halogens is 1. The van der Waals surface area contributed by atoms with E-state index in [2.05, 4.69) is 57.3 Å². The first kappa shape index (κ1) is 15.5. The Labute approximate surface area is 137 Å². The van der Waals surface area contributed by atoms with Crippen molar-refractivity contribution in [3.05, 3.63) is 34.3 Å². The number of nitrogens with zero attached hydrogens (tertiary/aromatic N) is 1. The third kappa shape index (κ3) is 3.35. The first-order chi connectivity index (χ1) is 10.2. The smallest absolute Gasteiger partial charge is 0.0175 e. The van der Waals surface area contributed by atoms with Gasteiger partial charge in [0.25, 0.3) is 0 Å². The van der Waals surface area contributed by atoms with Crippen molar-refractivity contribution >= 4 is 15.9 Å². The van der Waals surface area contributed by atoms with E-state index in [1.807, 2.05) is 0 Å². The molecule has 3 rings (SSSR count). The van der Waals surface area contributed by atoms with Crippen LogP contribution in [0.3, 0.4) is 0 Å². The number of likely N-dealkylation sites (tertiary alicyclic amines) is 1. The van der Waals surface area contributed by atoms with Crippen LogP contribution in [0.1, 0.15) is 44.1 Å². The number of piperidine rings is 1. The maximum atomic E-state index is 3.64. The first-order valence-electron chi connectivity index (χ1n) is 8.42. The van der Waals surface area contributed by atoms with Gasteiger partial charge in [-0.2, -0.15) is 0 Å². The molecule has 0 radical (unpaired) electrons. The zero-order valence-electron chi connectivity index (χ0n) is 13.1. The summed E-state index contributed by atoms with van der Waals surface area (Å²) >= 11 is 3.56. The average Bonchev–Trinajstić information content (AvgIpc) is 2.72. The Morgan fingerprint density at radius 3 is 2.76 bits per heavy atom. The van der Waals surface area contributed by atoms with Gasteiger partial charge in [0.05, 0.1) is 0 Å². The molecule has 1 N–H and O–H groups in total. The Hall–Kier alpha value is -0.380. The van der Waals surface area contributed by atoms with E-state index in [-0.39, 0.29) is 0 Å². The molecule has 1 spiro atoms. The van der Waals surface area contributed by atoms with Gasteiger partial charge in [-0.3, -0.25) is 0 Å². The van der Waals surface area contributed by atoms with Crippen molar-refractivity contribution in [3.8, 4) is 0 Å². The summed E-state index contributed by atoms with van der Waals surface area (Å²) in [5.74, 6) is 0.677. The second kappa shape index (κ2) is 6.80. The summed E-state index contributed by atoms with van der Waals surface area (Å²) in [6.07, 6.45) is 5.46. The third-order valence-electron chi connectivity index (χ3n) is 5.68. The highest BCUT2D eigenvalue weighted by atomic mass is 79.9. The van der Waals surface area contributed by atoms with E-state index in [1.165, 1.54) is 61.9 Å². The quantitative estimate of drug-likeness (QED) is 0.866. The molecule has 0 aromatic heterocycles. The molecule has 0 aliphatic carbocycles. The summed E-state index contributed by atoms with van der Waals surface area (Å²) in [5.41, 5.74) is 2.04. The van der Waals surface area contributed by atoms with Crippen LogP contribution in [0.25, 0.3) is 0 Å². The number of benzene rings is 1. The van der Waals surface area contributed by atoms with Crippen LogP contribution in [0, 0.1) is 5.41 Å². The van der Waals surface area contributed by atoms with Crippen LogP contribution in [-0.2, 0) is 0 Å². The lowest BCUT2D eigenvalue weighted by atomic mass is 9.64. The maximum Gasteiger partial charge on any atom is 0.0175 e. The van der Waals surface area contributed by atoms with Gasteiger partial charge in [0.2, 0.25) is 0 Å². The van der Waals surface area contributed by atoms with Crippen LogP contribution < -0.4 is 5.32 Å². The molecule has 2 aliphatic heterocycles. The molecule has 2 saturated heterocycles. The molecule has 0 amide bonds. The van der Waals surface area contributed by atoms with Crippen LogP contribution in [0.2, 0.25) is 0 Å². The Balaban J connectivity index is 1.84. The fraction of sp³-hybridized carbons (Fsp3) is 0.667. The van der Waals surface area contributed by atoms with Crippen molar-refractivity contribution in [2.45, 2.75) is 38.5 Å². The number of hydrogen-bond acceptors (Lipinski definition) is 2. The van der Waals surface area contributed by atoms with Crippen LogP contribution in [0.5, 0.6) is 0 Å². The van der Waals surface area contributed by atoms with Crippen LogP contribution in [0.15, 0.2) is 28.7 Å². The summed E-state index contributed by atoms with van der Waals surface area (Å²) in [5, 5.41) is 3.64. The largest absolute Gasteiger partial charge is 0.316 e. The van der Waals surface area contributed by atoms with E-state index in [4.69, 9.17) is 0 Å². The van der Waals surface area contributed by atoms with Crippen LogP contribution >= 0.6 is 15.9 Å². The zero-order valence-corrected chi connectivity index (χ0v) is 14.7. The molecular weight excluding hydrogens is 324 g/mol. The lowest BCUT2D eigenvalue weighted by Crippen LogP contribution is -2.44. The van der Waals surface area contributed by atoms with Gasteiger partial charge in [0, 0.05) is 16.9 Å². The third-order valence-corrected chi connectivity index (χ3v) is 6.21. The predicted octanol–water partition coefficient (Wildman–Crippen LogP) is 4.02. The van der Waals surface area contributed by atoms with Crippen molar-refractivity contribution in [2.75, 3.05) is 32.7 Å². The van der Waals surface area contributed by atoms with Gasteiger partial charge in [-0.05, 0) is 75.0 Å². The molecule has 116 valence electrons. The molecule has 0 saturated carbocycles. The molecule has 2 heterocycles. The van der Waals surface area contributed by atoms with Crippen molar-refractivity contribution in [3.63, 3.8) is 0 Å². The summed E-state index contributed by atoms with van der Waals surface area (Å²) in [4.78, 5) is 2.63. The molecule has 0 bridgehead atoms. The molecule has 2 aliphatic rings. The molecule has 2 fully saturated rings. The minimum absolute atomic E-state index is 0.517. The van der Waals surface area contributed by atoms with E-state index in [0.717, 1.165) is 6.54 Å². The van der Waals surface area contributed by atoms with Crippen molar-refractivity contribution in [1.82, 2.24) is 10.2 Å². The summed E-state index contributed by atoms with van der Waals surface area (Å²) in [6, 6.07) is 9.05. The first-order valence-corrected chi connectivity index (χ1v) is 9.21. The van der Waals surface area contributed by atoms with E-state index in [0.29, 0.717) is 11.3 Å². The van der Waals surface area contributed by atoms with Crippen molar-refractivity contribution < 1.29 is 0 Å². The van der Waals surface area contributed by atoms with Gasteiger partial charge in [-0.25, -0.2) is 0 Å². The highest BCUT2D eigenvalue weighted by Gasteiger charge is 2.41. The van der Waals surface area contributed by atoms with E-state index in [9.17, 15) is 0 Å². The van der Waals surface area contributed by atoms with Crippen LogP contribution in [0.4, 0.5) is 0 Å². The zero-order chi connectivity index (χ0) is 14.7. The van der Waals surface area contributed by atoms with E-state index in [1.54, 1.807) is 0 Å². The minimum Gasteiger partial charge on any atom is -0.316 e. The monoisotopic (exact) mass is 350 g/mol. The fourth-order valence-corrected chi connectivity index (χ4v) is 4.59. The van der Waals surface area contributed by atoms with Gasteiger partial charge in [0.1, 0.15) is 0 Å². The Bertz CT molecular complexity index is 459. The lowest BCUT2D eigenvalue weighted by Gasteiger charge is -2.45. The molecule has 2 atom stereocenters. The topological polar surface area (TPSA) is 15.3 Å². The SMILES string of the molecule is CCN1CCCC2(CCNCC2c2ccc(Br)cc2)CC1. The number of rotatable bonds is 2. The number of hydrogen-bond donors (Lipinski definition) is 1. The molecule has 3 heteroatoms. The van der Waals surface area contributed by atoms with Crippen LogP contribution in [-0.4, -0.2) is 37.6 Å². The molecule has 1 aromatic carbocycles. The Morgan fingerprint density at radius 1 is 1.19 bits per heavy atom. The highest BCUT2D eigenvalue weighted by Crippen LogP contribution is 2.48. The van der Waals surface area contributed by atoms with Gasteiger partial charge >= 0.3 is 0 Å². The van der Waals surface area contributed by atoms with E-state index < -0.39 is 0 Å².